The average Bonchev–Trinajstić information content (AvgIpc) is 3.33. The van der Waals surface area contributed by atoms with E-state index in [1.807, 2.05) is 42.7 Å². The van der Waals surface area contributed by atoms with Gasteiger partial charge in [-0.15, -0.1) is 11.3 Å². The highest BCUT2D eigenvalue weighted by molar-refractivity contribution is 7.13. The van der Waals surface area contributed by atoms with E-state index in [0.717, 1.165) is 52.9 Å². The smallest absolute Gasteiger partial charge is 0.330 e. The molecule has 1 saturated heterocycles. The molecule has 2 aromatic heterocycles. The summed E-state index contributed by atoms with van der Waals surface area (Å²) in [5, 5.41) is 16.5. The molecular formula is C34H40N4O6S. The Kier molecular flexibility index (Phi) is 8.56. The Balaban J connectivity index is 1.33. The van der Waals surface area contributed by atoms with E-state index in [0.29, 0.717) is 30.0 Å². The Hall–Kier alpha value is -3.99. The van der Waals surface area contributed by atoms with Gasteiger partial charge < -0.3 is 24.8 Å². The number of aryl methyl sites for hydroxylation is 1. The minimum atomic E-state index is -1.33. The molecule has 0 radical (unpaired) electrons. The fourth-order valence-electron chi connectivity index (χ4n) is 6.45. The van der Waals surface area contributed by atoms with Crippen LogP contribution in [-0.4, -0.2) is 69.1 Å². The topological polar surface area (TPSA) is 131 Å². The van der Waals surface area contributed by atoms with Gasteiger partial charge in [0.05, 0.1) is 24.9 Å². The second-order valence-corrected chi connectivity index (χ2v) is 13.5. The standard InChI is InChI=1S/C34H40N4O6S/c1-19(2)25-18-45-32(36-25)24-15-28(23-12-13-27(43-4)20(3)30(23)35-24)44-22-14-26-31(40)37-34(33(41)42)16-21(34)10-8-6-5-7-9-11-29(39)38(26)17-22/h8,10,12-13,15,18-19,21-22,26H,5-7,9,11,14,16-17H2,1-4H3,(H,37,40)(H,41,42)/b10-8-. The Labute approximate surface area is 266 Å². The Bertz CT molecular complexity index is 1670. The summed E-state index contributed by atoms with van der Waals surface area (Å²) in [5.41, 5.74) is 1.93. The zero-order valence-electron chi connectivity index (χ0n) is 26.2. The van der Waals surface area contributed by atoms with Gasteiger partial charge in [-0.2, -0.15) is 0 Å². The molecule has 238 valence electrons. The molecule has 2 amide bonds. The number of allylic oxidation sites excluding steroid dienone is 1. The quantitative estimate of drug-likeness (QED) is 0.335. The second-order valence-electron chi connectivity index (χ2n) is 12.7. The van der Waals surface area contributed by atoms with Gasteiger partial charge in [-0.05, 0) is 50.7 Å². The summed E-state index contributed by atoms with van der Waals surface area (Å²) in [6.45, 7) is 6.38. The number of ether oxygens (including phenoxy) is 2. The molecule has 1 saturated carbocycles. The van der Waals surface area contributed by atoms with Crippen molar-refractivity contribution >= 4 is 40.0 Å². The number of carbonyl (C=O) groups is 3. The van der Waals surface area contributed by atoms with Crippen molar-refractivity contribution in [1.29, 1.82) is 0 Å². The van der Waals surface area contributed by atoms with Crippen LogP contribution >= 0.6 is 11.3 Å². The number of carboxylic acid groups (broad SMARTS) is 1. The first-order valence-corrected chi connectivity index (χ1v) is 16.6. The molecule has 45 heavy (non-hydrogen) atoms. The summed E-state index contributed by atoms with van der Waals surface area (Å²) in [6, 6.07) is 4.85. The van der Waals surface area contributed by atoms with E-state index >= 15 is 0 Å². The number of fused-ring (bicyclic) bond motifs is 3. The number of aromatic nitrogens is 2. The SMILES string of the molecule is COc1ccc2c(OC3CC4C(=O)NC5(C(=O)O)CC5/C=C\CCCCCC(=O)N4C3)cc(-c3nc(C(C)C)cs3)nc2c1C. The molecule has 11 heteroatoms. The number of nitrogens with zero attached hydrogens (tertiary/aromatic N) is 3. The lowest BCUT2D eigenvalue weighted by Crippen LogP contribution is -2.53. The Morgan fingerprint density at radius 3 is 2.73 bits per heavy atom. The number of pyridine rings is 1. The van der Waals surface area contributed by atoms with Gasteiger partial charge in [0, 0.05) is 41.2 Å². The summed E-state index contributed by atoms with van der Waals surface area (Å²) in [5.74, 6) is -0.308. The van der Waals surface area contributed by atoms with Crippen molar-refractivity contribution in [3.8, 4) is 22.2 Å². The van der Waals surface area contributed by atoms with Crippen molar-refractivity contribution in [2.24, 2.45) is 5.92 Å². The highest BCUT2D eigenvalue weighted by Gasteiger charge is 2.61. The first kappa shape index (κ1) is 31.0. The minimum Gasteiger partial charge on any atom is -0.496 e. The van der Waals surface area contributed by atoms with Gasteiger partial charge in [0.25, 0.3) is 0 Å². The van der Waals surface area contributed by atoms with Crippen LogP contribution in [0.25, 0.3) is 21.6 Å². The molecule has 10 nitrogen and oxygen atoms in total. The summed E-state index contributed by atoms with van der Waals surface area (Å²) in [6.07, 6.45) is 7.72. The first-order chi connectivity index (χ1) is 21.6. The molecule has 4 heterocycles. The van der Waals surface area contributed by atoms with Crippen LogP contribution in [0.3, 0.4) is 0 Å². The third kappa shape index (κ3) is 6.02. The van der Waals surface area contributed by atoms with E-state index < -0.39 is 29.6 Å². The lowest BCUT2D eigenvalue weighted by atomic mass is 10.1. The normalized spacial score (nSPS) is 26.2. The van der Waals surface area contributed by atoms with Crippen molar-refractivity contribution < 1.29 is 29.0 Å². The first-order valence-electron chi connectivity index (χ1n) is 15.7. The van der Waals surface area contributed by atoms with Crippen LogP contribution in [0.5, 0.6) is 11.5 Å². The van der Waals surface area contributed by atoms with Gasteiger partial charge in [-0.1, -0.05) is 32.4 Å². The monoisotopic (exact) mass is 632 g/mol. The number of amides is 2. The van der Waals surface area contributed by atoms with E-state index in [2.05, 4.69) is 19.2 Å². The predicted molar refractivity (Wildman–Crippen MR) is 172 cm³/mol. The third-order valence-corrected chi connectivity index (χ3v) is 10.1. The van der Waals surface area contributed by atoms with Crippen molar-refractivity contribution in [3.63, 3.8) is 0 Å². The van der Waals surface area contributed by atoms with Crippen LogP contribution in [0.2, 0.25) is 0 Å². The Morgan fingerprint density at radius 1 is 1.18 bits per heavy atom. The molecule has 1 aliphatic carbocycles. The largest absolute Gasteiger partial charge is 0.496 e. The molecule has 6 rings (SSSR count). The minimum absolute atomic E-state index is 0.115. The number of rotatable bonds is 6. The highest BCUT2D eigenvalue weighted by atomic mass is 32.1. The second kappa shape index (κ2) is 12.4. The van der Waals surface area contributed by atoms with E-state index in [1.165, 1.54) is 11.3 Å². The van der Waals surface area contributed by atoms with Crippen LogP contribution in [0.1, 0.15) is 76.0 Å². The molecule has 2 N–H and O–H groups in total. The maximum atomic E-state index is 13.7. The van der Waals surface area contributed by atoms with Crippen LogP contribution in [-0.2, 0) is 14.4 Å². The van der Waals surface area contributed by atoms with E-state index in [4.69, 9.17) is 19.4 Å². The third-order valence-electron chi connectivity index (χ3n) is 9.25. The number of carbonyl (C=O) groups excluding carboxylic acids is 2. The maximum Gasteiger partial charge on any atom is 0.330 e. The van der Waals surface area contributed by atoms with Gasteiger partial charge in [0.2, 0.25) is 11.8 Å². The number of methoxy groups -OCH3 is 1. The molecule has 3 aliphatic rings. The lowest BCUT2D eigenvalue weighted by Gasteiger charge is -2.25. The van der Waals surface area contributed by atoms with Gasteiger partial charge in [0.1, 0.15) is 39.9 Å². The van der Waals surface area contributed by atoms with Crippen molar-refractivity contribution in [3.05, 3.63) is 47.0 Å². The van der Waals surface area contributed by atoms with Crippen LogP contribution < -0.4 is 14.8 Å². The number of aliphatic carboxylic acids is 1. The number of carboxylic acids is 1. The van der Waals surface area contributed by atoms with Gasteiger partial charge in [-0.3, -0.25) is 9.59 Å². The maximum absolute atomic E-state index is 13.7. The van der Waals surface area contributed by atoms with Crippen molar-refractivity contribution in [2.45, 2.75) is 89.3 Å². The highest BCUT2D eigenvalue weighted by Crippen LogP contribution is 2.45. The van der Waals surface area contributed by atoms with E-state index in [-0.39, 0.29) is 30.7 Å². The number of thiazole rings is 1. The van der Waals surface area contributed by atoms with Gasteiger partial charge >= 0.3 is 5.97 Å². The molecular weight excluding hydrogens is 592 g/mol. The summed E-state index contributed by atoms with van der Waals surface area (Å²) >= 11 is 1.53. The van der Waals surface area contributed by atoms with Gasteiger partial charge in [-0.25, -0.2) is 14.8 Å². The molecule has 4 unspecified atom stereocenters. The summed E-state index contributed by atoms with van der Waals surface area (Å²) in [4.78, 5) is 50.8. The van der Waals surface area contributed by atoms with Crippen LogP contribution in [0, 0.1) is 12.8 Å². The summed E-state index contributed by atoms with van der Waals surface area (Å²) < 4.78 is 12.2. The molecule has 0 spiro atoms. The van der Waals surface area contributed by atoms with E-state index in [9.17, 15) is 19.5 Å². The number of hydrogen-bond donors (Lipinski definition) is 2. The lowest BCUT2D eigenvalue weighted by molar-refractivity contribution is -0.145. The van der Waals surface area contributed by atoms with Crippen LogP contribution in [0.15, 0.2) is 35.7 Å². The van der Waals surface area contributed by atoms with Gasteiger partial charge in [0.15, 0.2) is 0 Å². The molecule has 1 aromatic carbocycles. The molecule has 2 aliphatic heterocycles. The number of nitrogens with one attached hydrogen (secondary N) is 1. The predicted octanol–water partition coefficient (Wildman–Crippen LogP) is 5.63. The number of hydrogen-bond acceptors (Lipinski definition) is 8. The summed E-state index contributed by atoms with van der Waals surface area (Å²) in [7, 11) is 1.62. The zero-order valence-corrected chi connectivity index (χ0v) is 27.0. The molecule has 0 bridgehead atoms. The fourth-order valence-corrected chi connectivity index (χ4v) is 7.39. The fraction of sp³-hybridized carbons (Fsp3) is 0.500. The molecule has 2 fully saturated rings. The zero-order chi connectivity index (χ0) is 31.9. The molecule has 3 aromatic rings. The van der Waals surface area contributed by atoms with E-state index in [1.54, 1.807) is 12.0 Å². The van der Waals surface area contributed by atoms with Crippen LogP contribution in [0.4, 0.5) is 0 Å². The number of benzene rings is 1. The average molecular weight is 633 g/mol. The van der Waals surface area contributed by atoms with Crippen molar-refractivity contribution in [1.82, 2.24) is 20.2 Å². The molecule has 4 atom stereocenters. The van der Waals surface area contributed by atoms with Crippen molar-refractivity contribution in [2.75, 3.05) is 13.7 Å². The Morgan fingerprint density at radius 2 is 2.00 bits per heavy atom.